The van der Waals surface area contributed by atoms with Crippen molar-refractivity contribution in [3.8, 4) is 5.75 Å². The topological polar surface area (TPSA) is 79.8 Å². The fourth-order valence-corrected chi connectivity index (χ4v) is 1.73. The molecule has 0 heterocycles. The number of rotatable bonds is 6. The number of nitrogens with one attached hydrogen (secondary N) is 2. The number of anilines is 1. The molecule has 0 fully saturated rings. The molecule has 0 saturated carbocycles. The normalized spacial score (nSPS) is 10.3. The van der Waals surface area contributed by atoms with Crippen molar-refractivity contribution in [1.82, 2.24) is 5.43 Å². The molecule has 0 saturated heterocycles. The highest BCUT2D eigenvalue weighted by Gasteiger charge is 2.00. The molecular formula is C17H17N3O3. The van der Waals surface area contributed by atoms with Crippen LogP contribution in [-0.4, -0.2) is 24.6 Å². The van der Waals surface area contributed by atoms with Crippen molar-refractivity contribution in [2.75, 3.05) is 11.9 Å². The molecule has 2 aromatic rings. The lowest BCUT2D eigenvalue weighted by atomic mass is 10.2. The van der Waals surface area contributed by atoms with Crippen molar-refractivity contribution in [3.05, 3.63) is 60.2 Å². The highest BCUT2D eigenvalue weighted by atomic mass is 16.5. The third-order valence-corrected chi connectivity index (χ3v) is 2.75. The summed E-state index contributed by atoms with van der Waals surface area (Å²) < 4.78 is 5.30. The molecule has 6 nitrogen and oxygen atoms in total. The van der Waals surface area contributed by atoms with Crippen LogP contribution in [0.4, 0.5) is 5.69 Å². The van der Waals surface area contributed by atoms with Crippen LogP contribution in [0.5, 0.6) is 5.75 Å². The molecule has 118 valence electrons. The summed E-state index contributed by atoms with van der Waals surface area (Å²) in [5.74, 6) is 0.150. The summed E-state index contributed by atoms with van der Waals surface area (Å²) in [7, 11) is 0. The van der Waals surface area contributed by atoms with E-state index in [2.05, 4.69) is 15.8 Å². The molecule has 2 aromatic carbocycles. The van der Waals surface area contributed by atoms with Gasteiger partial charge in [0, 0.05) is 12.6 Å². The average molecular weight is 311 g/mol. The SMILES string of the molecule is CC(=O)Nc1ccc(/C=N/NC(=O)COc2ccccc2)cc1. The smallest absolute Gasteiger partial charge is 0.277 e. The molecule has 2 N–H and O–H groups in total. The van der Waals surface area contributed by atoms with Gasteiger partial charge in [-0.2, -0.15) is 5.10 Å². The highest BCUT2D eigenvalue weighted by molar-refractivity contribution is 5.89. The van der Waals surface area contributed by atoms with Crippen molar-refractivity contribution in [2.45, 2.75) is 6.92 Å². The Morgan fingerprint density at radius 2 is 1.78 bits per heavy atom. The molecule has 0 atom stereocenters. The third kappa shape index (κ3) is 6.01. The summed E-state index contributed by atoms with van der Waals surface area (Å²) in [6.45, 7) is 1.34. The summed E-state index contributed by atoms with van der Waals surface area (Å²) in [5, 5.41) is 6.52. The number of benzene rings is 2. The van der Waals surface area contributed by atoms with Crippen LogP contribution in [0.2, 0.25) is 0 Å². The maximum Gasteiger partial charge on any atom is 0.277 e. The van der Waals surface area contributed by atoms with Gasteiger partial charge in [-0.05, 0) is 29.8 Å². The van der Waals surface area contributed by atoms with Gasteiger partial charge in [0.15, 0.2) is 6.61 Å². The molecule has 0 aliphatic carbocycles. The Labute approximate surface area is 134 Å². The number of nitrogens with zero attached hydrogens (tertiary/aromatic N) is 1. The number of para-hydroxylation sites is 1. The Hall–Kier alpha value is -3.15. The largest absolute Gasteiger partial charge is 0.484 e. The zero-order valence-electron chi connectivity index (χ0n) is 12.7. The molecule has 2 rings (SSSR count). The Kier molecular flexibility index (Phi) is 5.88. The lowest BCUT2D eigenvalue weighted by Gasteiger charge is -2.04. The molecule has 0 bridgehead atoms. The summed E-state index contributed by atoms with van der Waals surface area (Å²) in [6, 6.07) is 16.1. The van der Waals surface area contributed by atoms with Crippen LogP contribution >= 0.6 is 0 Å². The standard InChI is InChI=1S/C17H17N3O3/c1-13(21)19-15-9-7-14(8-10-15)11-18-20-17(22)12-23-16-5-3-2-4-6-16/h2-11H,12H2,1H3,(H,19,21)(H,20,22)/b18-11+. The van der Waals surface area contributed by atoms with E-state index in [1.807, 2.05) is 18.2 Å². The van der Waals surface area contributed by atoms with Gasteiger partial charge < -0.3 is 10.1 Å². The van der Waals surface area contributed by atoms with Crippen LogP contribution in [0.15, 0.2) is 59.7 Å². The van der Waals surface area contributed by atoms with Gasteiger partial charge in [0.05, 0.1) is 6.21 Å². The van der Waals surface area contributed by atoms with Crippen molar-refractivity contribution in [1.29, 1.82) is 0 Å². The van der Waals surface area contributed by atoms with E-state index in [1.165, 1.54) is 13.1 Å². The maximum atomic E-state index is 11.6. The predicted molar refractivity (Wildman–Crippen MR) is 88.4 cm³/mol. The number of carbonyl (C=O) groups excluding carboxylic acids is 2. The van der Waals surface area contributed by atoms with Gasteiger partial charge in [-0.1, -0.05) is 30.3 Å². The minimum absolute atomic E-state index is 0.108. The van der Waals surface area contributed by atoms with Gasteiger partial charge in [-0.3, -0.25) is 9.59 Å². The first kappa shape index (κ1) is 16.2. The van der Waals surface area contributed by atoms with Crippen molar-refractivity contribution in [3.63, 3.8) is 0 Å². The van der Waals surface area contributed by atoms with E-state index < -0.39 is 0 Å². The van der Waals surface area contributed by atoms with E-state index in [9.17, 15) is 9.59 Å². The number of carbonyl (C=O) groups is 2. The number of hydrazone groups is 1. The highest BCUT2D eigenvalue weighted by Crippen LogP contribution is 2.08. The molecule has 0 aromatic heterocycles. The van der Waals surface area contributed by atoms with Crippen LogP contribution < -0.4 is 15.5 Å². The predicted octanol–water partition coefficient (Wildman–Crippen LogP) is 2.17. The Bertz CT molecular complexity index is 682. The Morgan fingerprint density at radius 3 is 2.43 bits per heavy atom. The van der Waals surface area contributed by atoms with Gasteiger partial charge in [-0.15, -0.1) is 0 Å². The number of ether oxygens (including phenoxy) is 1. The second-order valence-corrected chi connectivity index (χ2v) is 4.70. The van der Waals surface area contributed by atoms with Crippen LogP contribution in [-0.2, 0) is 9.59 Å². The molecule has 6 heteroatoms. The first-order valence-electron chi connectivity index (χ1n) is 7.01. The van der Waals surface area contributed by atoms with Crippen molar-refractivity contribution >= 4 is 23.7 Å². The van der Waals surface area contributed by atoms with Gasteiger partial charge in [-0.25, -0.2) is 5.43 Å². The lowest BCUT2D eigenvalue weighted by molar-refractivity contribution is -0.123. The molecular weight excluding hydrogens is 294 g/mol. The fraction of sp³-hybridized carbons (Fsp3) is 0.118. The van der Waals surface area contributed by atoms with Gasteiger partial charge in [0.25, 0.3) is 5.91 Å². The minimum atomic E-state index is -0.347. The first-order chi connectivity index (χ1) is 11.1. The van der Waals surface area contributed by atoms with Crippen LogP contribution in [0.25, 0.3) is 0 Å². The number of hydrogen-bond acceptors (Lipinski definition) is 4. The first-order valence-corrected chi connectivity index (χ1v) is 7.01. The van der Waals surface area contributed by atoms with E-state index in [-0.39, 0.29) is 18.4 Å². The van der Waals surface area contributed by atoms with Crippen LogP contribution in [0, 0.1) is 0 Å². The van der Waals surface area contributed by atoms with E-state index in [4.69, 9.17) is 4.74 Å². The lowest BCUT2D eigenvalue weighted by Crippen LogP contribution is -2.24. The van der Waals surface area contributed by atoms with E-state index in [0.717, 1.165) is 5.56 Å². The third-order valence-electron chi connectivity index (χ3n) is 2.75. The summed E-state index contributed by atoms with van der Waals surface area (Å²) in [4.78, 5) is 22.5. The second kappa shape index (κ2) is 8.33. The summed E-state index contributed by atoms with van der Waals surface area (Å²) in [6.07, 6.45) is 1.51. The Morgan fingerprint density at radius 1 is 1.09 bits per heavy atom. The molecule has 2 amide bonds. The zero-order valence-corrected chi connectivity index (χ0v) is 12.7. The van der Waals surface area contributed by atoms with Crippen LogP contribution in [0.3, 0.4) is 0 Å². The van der Waals surface area contributed by atoms with E-state index in [1.54, 1.807) is 36.4 Å². The molecule has 23 heavy (non-hydrogen) atoms. The maximum absolute atomic E-state index is 11.6. The van der Waals surface area contributed by atoms with E-state index >= 15 is 0 Å². The monoisotopic (exact) mass is 311 g/mol. The molecule has 0 radical (unpaired) electrons. The zero-order chi connectivity index (χ0) is 16.5. The van der Waals surface area contributed by atoms with Gasteiger partial charge in [0.1, 0.15) is 5.75 Å². The molecule has 0 unspecified atom stereocenters. The van der Waals surface area contributed by atoms with Crippen LogP contribution in [0.1, 0.15) is 12.5 Å². The Balaban J connectivity index is 1.77. The van der Waals surface area contributed by atoms with Gasteiger partial charge >= 0.3 is 0 Å². The number of amides is 2. The molecule has 0 spiro atoms. The molecule has 0 aliphatic rings. The average Bonchev–Trinajstić information content (AvgIpc) is 2.55. The summed E-state index contributed by atoms with van der Waals surface area (Å²) in [5.41, 5.74) is 3.88. The molecule has 0 aliphatic heterocycles. The quantitative estimate of drug-likeness (QED) is 0.634. The van der Waals surface area contributed by atoms with Crippen molar-refractivity contribution in [2.24, 2.45) is 5.10 Å². The fourth-order valence-electron chi connectivity index (χ4n) is 1.73. The summed E-state index contributed by atoms with van der Waals surface area (Å²) >= 11 is 0. The minimum Gasteiger partial charge on any atom is -0.484 e. The number of hydrogen-bond donors (Lipinski definition) is 2. The second-order valence-electron chi connectivity index (χ2n) is 4.70. The van der Waals surface area contributed by atoms with Gasteiger partial charge in [0.2, 0.25) is 5.91 Å². The van der Waals surface area contributed by atoms with Crippen molar-refractivity contribution < 1.29 is 14.3 Å². The van der Waals surface area contributed by atoms with E-state index in [0.29, 0.717) is 11.4 Å².